The molecule has 182 valence electrons. The molecule has 2 unspecified atom stereocenters. The van der Waals surface area contributed by atoms with Gasteiger partial charge in [0.25, 0.3) is 0 Å². The number of nitrogens with two attached hydrogens (primary N) is 1. The maximum absolute atomic E-state index is 13.4. The molecule has 7 heteroatoms. The second-order valence-corrected chi connectivity index (χ2v) is 10.2. The van der Waals surface area contributed by atoms with Gasteiger partial charge in [0.05, 0.1) is 6.61 Å². The first kappa shape index (κ1) is 24.2. The Morgan fingerprint density at radius 2 is 1.82 bits per heavy atom. The lowest BCUT2D eigenvalue weighted by molar-refractivity contribution is -0.139. The Balaban J connectivity index is 1.46. The van der Waals surface area contributed by atoms with Crippen LogP contribution in [0.15, 0.2) is 24.3 Å². The maximum atomic E-state index is 13.4. The van der Waals surface area contributed by atoms with Gasteiger partial charge in [0.1, 0.15) is 6.04 Å². The van der Waals surface area contributed by atoms with Gasteiger partial charge < -0.3 is 20.7 Å². The summed E-state index contributed by atoms with van der Waals surface area (Å²) in [5, 5.41) is 3.25. The highest BCUT2D eigenvalue weighted by atomic mass is 16.5. The molecule has 1 aromatic carbocycles. The van der Waals surface area contributed by atoms with Crippen LogP contribution in [0.5, 0.6) is 0 Å². The summed E-state index contributed by atoms with van der Waals surface area (Å²) in [6.07, 6.45) is 6.32. The van der Waals surface area contributed by atoms with Crippen molar-refractivity contribution < 1.29 is 14.3 Å². The van der Waals surface area contributed by atoms with Crippen LogP contribution in [0, 0.1) is 12.8 Å². The normalized spacial score (nSPS) is 27.7. The SMILES string of the molecule is COCCN(Cc1ccc(C)cc1)C1CC(C(=O)NC2CCC(N)CC2)N(C(=O)C2CC2)C1. The Labute approximate surface area is 198 Å². The molecular weight excluding hydrogens is 416 g/mol. The van der Waals surface area contributed by atoms with E-state index in [0.717, 1.165) is 51.6 Å². The van der Waals surface area contributed by atoms with Crippen LogP contribution in [0.3, 0.4) is 0 Å². The number of amides is 2. The number of nitrogens with one attached hydrogen (secondary N) is 1. The molecule has 2 atom stereocenters. The molecular formula is C26H40N4O3. The minimum absolute atomic E-state index is 0.00833. The van der Waals surface area contributed by atoms with Crippen molar-refractivity contribution in [1.82, 2.24) is 15.1 Å². The lowest BCUT2D eigenvalue weighted by Crippen LogP contribution is -2.50. The molecule has 0 aromatic heterocycles. The quantitative estimate of drug-likeness (QED) is 0.595. The van der Waals surface area contributed by atoms with Gasteiger partial charge in [0, 0.05) is 50.8 Å². The Bertz CT molecular complexity index is 802. The van der Waals surface area contributed by atoms with Crippen LogP contribution in [0.1, 0.15) is 56.1 Å². The van der Waals surface area contributed by atoms with E-state index >= 15 is 0 Å². The first-order valence-corrected chi connectivity index (χ1v) is 12.6. The van der Waals surface area contributed by atoms with Crippen molar-refractivity contribution in [3.63, 3.8) is 0 Å². The van der Waals surface area contributed by atoms with Gasteiger partial charge in [-0.15, -0.1) is 0 Å². The van der Waals surface area contributed by atoms with Crippen molar-refractivity contribution in [2.45, 2.75) is 82.6 Å². The zero-order valence-corrected chi connectivity index (χ0v) is 20.2. The highest BCUT2D eigenvalue weighted by Crippen LogP contribution is 2.35. The summed E-state index contributed by atoms with van der Waals surface area (Å²) in [4.78, 5) is 30.7. The molecule has 2 saturated carbocycles. The Morgan fingerprint density at radius 3 is 2.45 bits per heavy atom. The van der Waals surface area contributed by atoms with Gasteiger partial charge in [0.2, 0.25) is 11.8 Å². The minimum Gasteiger partial charge on any atom is -0.383 e. The molecule has 3 aliphatic rings. The molecule has 3 fully saturated rings. The predicted octanol–water partition coefficient (Wildman–Crippen LogP) is 2.21. The van der Waals surface area contributed by atoms with Crippen LogP contribution in [0.25, 0.3) is 0 Å². The standard InChI is InChI=1S/C26H40N4O3/c1-18-3-5-19(6-4-18)16-29(13-14-33-2)23-15-24(30(17-23)26(32)20-7-8-20)25(31)28-22-11-9-21(27)10-12-22/h3-6,20-24H,7-17,27H2,1-2H3,(H,28,31). The second kappa shape index (κ2) is 11.0. The van der Waals surface area contributed by atoms with E-state index < -0.39 is 0 Å². The monoisotopic (exact) mass is 456 g/mol. The van der Waals surface area contributed by atoms with E-state index in [1.165, 1.54) is 11.1 Å². The first-order valence-electron chi connectivity index (χ1n) is 12.6. The van der Waals surface area contributed by atoms with E-state index in [4.69, 9.17) is 10.5 Å². The smallest absolute Gasteiger partial charge is 0.243 e. The van der Waals surface area contributed by atoms with Crippen molar-refractivity contribution in [1.29, 1.82) is 0 Å². The third-order valence-electron chi connectivity index (χ3n) is 7.51. The molecule has 1 aromatic rings. The van der Waals surface area contributed by atoms with Crippen molar-refractivity contribution >= 4 is 11.8 Å². The largest absolute Gasteiger partial charge is 0.383 e. The molecule has 2 aliphatic carbocycles. The molecule has 7 nitrogen and oxygen atoms in total. The van der Waals surface area contributed by atoms with E-state index in [9.17, 15) is 9.59 Å². The highest BCUT2D eigenvalue weighted by Gasteiger charge is 2.46. The first-order chi connectivity index (χ1) is 15.9. The molecule has 0 spiro atoms. The number of carbonyl (C=O) groups excluding carboxylic acids is 2. The maximum Gasteiger partial charge on any atom is 0.243 e. The number of methoxy groups -OCH3 is 1. The van der Waals surface area contributed by atoms with Crippen LogP contribution >= 0.6 is 0 Å². The second-order valence-electron chi connectivity index (χ2n) is 10.2. The van der Waals surface area contributed by atoms with Crippen molar-refractivity contribution in [3.8, 4) is 0 Å². The third kappa shape index (κ3) is 6.34. The summed E-state index contributed by atoms with van der Waals surface area (Å²) in [6, 6.07) is 8.76. The minimum atomic E-state index is -0.387. The van der Waals surface area contributed by atoms with Crippen LogP contribution < -0.4 is 11.1 Å². The number of hydrogen-bond acceptors (Lipinski definition) is 5. The van der Waals surface area contributed by atoms with Gasteiger partial charge >= 0.3 is 0 Å². The number of carbonyl (C=O) groups is 2. The number of benzene rings is 1. The number of ether oxygens (including phenoxy) is 1. The molecule has 1 heterocycles. The summed E-state index contributed by atoms with van der Waals surface area (Å²) < 4.78 is 5.38. The van der Waals surface area contributed by atoms with E-state index in [1.54, 1.807) is 7.11 Å². The average Bonchev–Trinajstić information content (AvgIpc) is 3.57. The number of aryl methyl sites for hydroxylation is 1. The van der Waals surface area contributed by atoms with E-state index in [-0.39, 0.29) is 41.9 Å². The fourth-order valence-corrected chi connectivity index (χ4v) is 5.22. The van der Waals surface area contributed by atoms with Gasteiger partial charge in [-0.05, 0) is 57.4 Å². The van der Waals surface area contributed by atoms with Crippen molar-refractivity contribution in [2.75, 3.05) is 26.8 Å². The molecule has 2 amide bonds. The van der Waals surface area contributed by atoms with Gasteiger partial charge in [-0.1, -0.05) is 29.8 Å². The van der Waals surface area contributed by atoms with Gasteiger partial charge in [-0.3, -0.25) is 14.5 Å². The summed E-state index contributed by atoms with van der Waals surface area (Å²) >= 11 is 0. The zero-order valence-electron chi connectivity index (χ0n) is 20.2. The summed E-state index contributed by atoms with van der Waals surface area (Å²) in [6.45, 7) is 4.88. The van der Waals surface area contributed by atoms with E-state index in [2.05, 4.69) is 41.4 Å². The highest BCUT2D eigenvalue weighted by molar-refractivity contribution is 5.90. The van der Waals surface area contributed by atoms with Gasteiger partial charge in [-0.2, -0.15) is 0 Å². The topological polar surface area (TPSA) is 87.9 Å². The molecule has 4 rings (SSSR count). The zero-order chi connectivity index (χ0) is 23.4. The van der Waals surface area contributed by atoms with Gasteiger partial charge in [0.15, 0.2) is 0 Å². The molecule has 3 N–H and O–H groups in total. The fraction of sp³-hybridized carbons (Fsp3) is 0.692. The van der Waals surface area contributed by atoms with Gasteiger partial charge in [-0.25, -0.2) is 0 Å². The molecule has 1 saturated heterocycles. The van der Waals surface area contributed by atoms with Crippen LogP contribution in [0.2, 0.25) is 0 Å². The molecule has 1 aliphatic heterocycles. The van der Waals surface area contributed by atoms with Crippen LogP contribution in [-0.2, 0) is 20.9 Å². The average molecular weight is 457 g/mol. The Hall–Kier alpha value is -1.96. The van der Waals surface area contributed by atoms with Crippen molar-refractivity contribution in [3.05, 3.63) is 35.4 Å². The number of rotatable bonds is 9. The third-order valence-corrected chi connectivity index (χ3v) is 7.51. The molecule has 33 heavy (non-hydrogen) atoms. The van der Waals surface area contributed by atoms with Crippen LogP contribution in [0.4, 0.5) is 0 Å². The summed E-state index contributed by atoms with van der Waals surface area (Å²) in [5.41, 5.74) is 8.51. The van der Waals surface area contributed by atoms with E-state index in [1.807, 2.05) is 4.90 Å². The summed E-state index contributed by atoms with van der Waals surface area (Å²) in [7, 11) is 1.72. The number of nitrogens with zero attached hydrogens (tertiary/aromatic N) is 2. The summed E-state index contributed by atoms with van der Waals surface area (Å²) in [5.74, 6) is 0.274. The fourth-order valence-electron chi connectivity index (χ4n) is 5.22. The Kier molecular flexibility index (Phi) is 8.04. The van der Waals surface area contributed by atoms with Crippen LogP contribution in [-0.4, -0.2) is 72.6 Å². The number of hydrogen-bond donors (Lipinski definition) is 2. The molecule has 0 radical (unpaired) electrons. The van der Waals surface area contributed by atoms with E-state index in [0.29, 0.717) is 19.6 Å². The predicted molar refractivity (Wildman–Crippen MR) is 128 cm³/mol. The number of likely N-dealkylation sites (tertiary alicyclic amines) is 1. The Morgan fingerprint density at radius 1 is 1.12 bits per heavy atom. The lowest BCUT2D eigenvalue weighted by atomic mass is 9.91. The lowest BCUT2D eigenvalue weighted by Gasteiger charge is -2.30. The molecule has 0 bridgehead atoms. The van der Waals surface area contributed by atoms with Crippen molar-refractivity contribution in [2.24, 2.45) is 11.7 Å².